The smallest absolute Gasteiger partial charge is 1.00 e. The van der Waals surface area contributed by atoms with Crippen LogP contribution in [-0.4, -0.2) is 138 Å². The number of allylic oxidation sites excluding steroid dienone is 6. The number of halogens is 1. The fourth-order valence-corrected chi connectivity index (χ4v) is 18.8. The second kappa shape index (κ2) is 46.7. The van der Waals surface area contributed by atoms with Crippen molar-refractivity contribution in [3.8, 4) is 0 Å². The molecular weight excluding hydrogens is 1800 g/mol. The van der Waals surface area contributed by atoms with Crippen LogP contribution in [0.15, 0.2) is 289 Å². The van der Waals surface area contributed by atoms with Crippen molar-refractivity contribution in [2.45, 2.75) is 92.9 Å². The van der Waals surface area contributed by atoms with E-state index in [1.54, 1.807) is 72.8 Å². The molecule has 0 heterocycles. The quantitative estimate of drug-likeness (QED) is 0.0142. The van der Waals surface area contributed by atoms with Crippen LogP contribution in [0.5, 0.6) is 0 Å². The first-order valence-corrected chi connectivity index (χ1v) is 48.4. The minimum absolute atomic E-state index is 0. The SMILES string of the molecule is CC(=O)Nc1ccc(Nc2cc(S(=O)(=O)[O-])c(N)c3c2C(=O)c2ccccc2C3=O)cc1.CC(=O)Nc1ccc(Nc2cc(S(=O)(=O)[O-])c(N)c3c2C(=O)c2ccccc2C3=O)cc1.CC[NH+]=C1C=CC(=C(c2ccc(N(CC)CC)cc2)c2ccc(N(CC)CC)cc2)c2ccccc21.CC[NH+]=C1C=CC(=C(c2ccc(N(CC)CC)cc2)c2ccc(N(CC)CC)cc2)c2ccccc21.[Cl-].[Na+]. The Balaban J connectivity index is 0.000000176. The van der Waals surface area contributed by atoms with Gasteiger partial charge in [0.05, 0.1) is 65.9 Å². The molecule has 0 saturated heterocycles. The number of anilines is 12. The topological polar surface area (TPSA) is 358 Å². The number of nitrogens with one attached hydrogen (secondary N) is 6. The summed E-state index contributed by atoms with van der Waals surface area (Å²) in [7, 11) is -10.1. The Kier molecular flexibility index (Phi) is 35.4. The van der Waals surface area contributed by atoms with Crippen molar-refractivity contribution in [1.82, 2.24) is 0 Å². The Bertz CT molecular complexity index is 6480. The van der Waals surface area contributed by atoms with Crippen LogP contribution in [0, 0.1) is 0 Å². The number of rotatable bonds is 26. The number of nitrogens with zero attached hydrogens (tertiary/aromatic N) is 4. The third-order valence-electron chi connectivity index (χ3n) is 24.2. The molecule has 0 saturated carbocycles. The van der Waals surface area contributed by atoms with Crippen molar-refractivity contribution in [3.05, 3.63) is 368 Å². The molecule has 0 spiro atoms. The number of amides is 2. The maximum Gasteiger partial charge on any atom is 1.00 e. The monoisotopic (exact) mass is 1910 g/mol. The number of fused-ring (bicyclic) bond motifs is 6. The zero-order chi connectivity index (χ0) is 97.4. The van der Waals surface area contributed by atoms with E-state index in [-0.39, 0.29) is 110 Å². The molecule has 12 aromatic rings. The molecule has 0 atom stereocenters. The van der Waals surface area contributed by atoms with Gasteiger partial charge in [0.1, 0.15) is 33.3 Å². The second-order valence-electron chi connectivity index (χ2n) is 32.4. The van der Waals surface area contributed by atoms with Crippen molar-refractivity contribution < 1.29 is 107 Å². The Morgan fingerprint density at radius 3 is 0.790 bits per heavy atom. The summed E-state index contributed by atoms with van der Waals surface area (Å²) in [5, 5.41) is 11.0. The van der Waals surface area contributed by atoms with Crippen LogP contribution >= 0.6 is 0 Å². The van der Waals surface area contributed by atoms with Crippen LogP contribution in [-0.2, 0) is 29.8 Å². The van der Waals surface area contributed by atoms with Gasteiger partial charge in [0, 0.05) is 146 Å². The molecule has 28 heteroatoms. The molecule has 10 N–H and O–H groups in total. The summed E-state index contributed by atoms with van der Waals surface area (Å²) in [6.45, 7) is 34.6. The van der Waals surface area contributed by atoms with Gasteiger partial charge in [-0.3, -0.25) is 28.8 Å². The van der Waals surface area contributed by atoms with Gasteiger partial charge in [0.15, 0.2) is 23.1 Å². The fourth-order valence-electron chi connectivity index (χ4n) is 17.6. The van der Waals surface area contributed by atoms with Crippen LogP contribution in [0.3, 0.4) is 0 Å². The van der Waals surface area contributed by atoms with E-state index >= 15 is 0 Å². The molecule has 0 unspecified atom stereocenters. The number of nitrogen functional groups attached to an aromatic ring is 2. The molecule has 0 fully saturated rings. The van der Waals surface area contributed by atoms with Crippen molar-refractivity contribution in [2.24, 2.45) is 0 Å². The maximum atomic E-state index is 13.2. The Hall–Kier alpha value is -13.9. The van der Waals surface area contributed by atoms with E-state index in [9.17, 15) is 54.7 Å². The fraction of sp³-hybridized carbons (Fsp3) is 0.200. The molecule has 4 aliphatic rings. The van der Waals surface area contributed by atoms with Gasteiger partial charge < -0.3 is 73.8 Å². The number of nitrogens with two attached hydrogens (primary N) is 2. The molecular formula is C110H112ClN12NaO12S2. The molecule has 0 bridgehead atoms. The van der Waals surface area contributed by atoms with Gasteiger partial charge >= 0.3 is 29.6 Å². The molecule has 16 rings (SSSR count). The Morgan fingerprint density at radius 1 is 0.326 bits per heavy atom. The van der Waals surface area contributed by atoms with E-state index < -0.39 is 64.5 Å². The molecule has 0 radical (unpaired) electrons. The van der Waals surface area contributed by atoms with Crippen molar-refractivity contribution >= 4 is 157 Å². The number of carbonyl (C=O) groups is 6. The van der Waals surface area contributed by atoms with Crippen LogP contribution in [0.1, 0.15) is 191 Å². The number of hydrogen-bond acceptors (Lipinski definition) is 20. The van der Waals surface area contributed by atoms with Gasteiger partial charge in [0.25, 0.3) is 0 Å². The average Bonchev–Trinajstić information content (AvgIpc) is 0.730. The number of hydrogen-bond donors (Lipinski definition) is 8. The minimum atomic E-state index is -5.05. The zero-order valence-corrected chi connectivity index (χ0v) is 84.1. The van der Waals surface area contributed by atoms with Crippen LogP contribution in [0.25, 0.3) is 22.3 Å². The Labute approximate surface area is 836 Å². The maximum absolute atomic E-state index is 13.2. The molecule has 704 valence electrons. The zero-order valence-electron chi connectivity index (χ0n) is 79.7. The molecule has 2 amide bonds. The number of carbonyl (C=O) groups excluding carboxylic acids is 6. The van der Waals surface area contributed by atoms with Gasteiger partial charge in [0.2, 0.25) is 23.2 Å². The molecule has 24 nitrogen and oxygen atoms in total. The minimum Gasteiger partial charge on any atom is -1.00 e. The summed E-state index contributed by atoms with van der Waals surface area (Å²) in [4.78, 5) is 90.1. The largest absolute Gasteiger partial charge is 1.00 e. The summed E-state index contributed by atoms with van der Waals surface area (Å²) >= 11 is 0. The van der Waals surface area contributed by atoms with E-state index in [1.165, 1.54) is 139 Å². The summed E-state index contributed by atoms with van der Waals surface area (Å²) in [5.41, 5.74) is 34.5. The van der Waals surface area contributed by atoms with Gasteiger partial charge in [-0.15, -0.1) is 0 Å². The third kappa shape index (κ3) is 23.1. The summed E-state index contributed by atoms with van der Waals surface area (Å²) in [6, 6.07) is 80.6. The number of ketones is 4. The first kappa shape index (κ1) is 105. The van der Waals surface area contributed by atoms with E-state index in [0.717, 1.165) is 77.6 Å². The van der Waals surface area contributed by atoms with Gasteiger partial charge in [-0.1, -0.05) is 133 Å². The standard InChI is InChI=1S/2C33H39N3.2C22H17N3O6S.ClH.Na/c2*1-6-34-32-24-23-31(29-13-11-12-14-30(29)32)33(25-15-19-27(20-16-25)35(7-2)8-3)26-17-21-28(22-18-26)36(9-4)10-5;2*1-11(26)24-12-6-8-13(9-7-12)25-16-10-17(32(29,30)31)20(23)19-18(16)21(27)14-4-2-3-5-15(14)22(19)28;;/h2*11-24H,6-10H2,1-5H3;2*2-10,25H,23H2,1H3,(H,24,26)(H,29,30,31);1H;/q;;;;;+1/p-1. The van der Waals surface area contributed by atoms with E-state index in [1.807, 2.05) is 0 Å². The van der Waals surface area contributed by atoms with Crippen molar-refractivity contribution in [2.75, 3.05) is 118 Å². The van der Waals surface area contributed by atoms with E-state index in [2.05, 4.69) is 290 Å². The van der Waals surface area contributed by atoms with Crippen LogP contribution < -0.4 is 104 Å². The van der Waals surface area contributed by atoms with Crippen LogP contribution in [0.4, 0.5) is 68.2 Å². The Morgan fingerprint density at radius 2 is 0.558 bits per heavy atom. The summed E-state index contributed by atoms with van der Waals surface area (Å²) in [5.74, 6) is -2.88. The van der Waals surface area contributed by atoms with E-state index in [4.69, 9.17) is 11.5 Å². The summed E-state index contributed by atoms with van der Waals surface area (Å²) < 4.78 is 71.0. The van der Waals surface area contributed by atoms with Crippen molar-refractivity contribution in [1.29, 1.82) is 0 Å². The first-order chi connectivity index (χ1) is 65.4. The average molecular weight is 1920 g/mol. The molecule has 4 aliphatic carbocycles. The second-order valence-corrected chi connectivity index (χ2v) is 35.1. The predicted molar refractivity (Wildman–Crippen MR) is 547 cm³/mol. The van der Waals surface area contributed by atoms with Gasteiger partial charge in [-0.05, 0) is 258 Å². The first-order valence-electron chi connectivity index (χ1n) is 45.6. The summed E-state index contributed by atoms with van der Waals surface area (Å²) in [6.07, 6.45) is 9.03. The van der Waals surface area contributed by atoms with Crippen molar-refractivity contribution in [3.63, 3.8) is 0 Å². The number of benzene rings is 12. The molecule has 138 heavy (non-hydrogen) atoms. The van der Waals surface area contributed by atoms with E-state index in [0.29, 0.717) is 22.7 Å². The van der Waals surface area contributed by atoms with Gasteiger partial charge in [-0.2, -0.15) is 0 Å². The normalized spacial score (nSPS) is 13.0. The molecule has 0 aliphatic heterocycles. The third-order valence-corrected chi connectivity index (χ3v) is 25.9. The van der Waals surface area contributed by atoms with Gasteiger partial charge in [-0.25, -0.2) is 26.8 Å². The van der Waals surface area contributed by atoms with Crippen LogP contribution in [0.2, 0.25) is 0 Å². The predicted octanol–water partition coefficient (Wildman–Crippen LogP) is 10.9. The molecule has 12 aromatic carbocycles. The molecule has 0 aromatic heterocycles.